The molecule has 0 heterocycles. The van der Waals surface area contributed by atoms with E-state index in [1.54, 1.807) is 0 Å². The first-order valence-electron chi connectivity index (χ1n) is 3.55. The molecule has 1 rings (SSSR count). The molecule has 0 spiro atoms. The summed E-state index contributed by atoms with van der Waals surface area (Å²) in [4.78, 5) is 10.1. The minimum atomic E-state index is -0.577. The second kappa shape index (κ2) is 3.98. The van der Waals surface area contributed by atoms with Crippen LogP contribution in [0, 0.1) is 21.4 Å². The van der Waals surface area contributed by atoms with Crippen LogP contribution in [0.2, 0.25) is 0 Å². The van der Waals surface area contributed by atoms with Gasteiger partial charge in [-0.2, -0.15) is 5.26 Å². The van der Waals surface area contributed by atoms with Gasteiger partial charge in [0.25, 0.3) is 5.69 Å². The van der Waals surface area contributed by atoms with Crippen LogP contribution >= 0.6 is 12.6 Å². The summed E-state index contributed by atoms with van der Waals surface area (Å²) < 4.78 is 4.82. The summed E-state index contributed by atoms with van der Waals surface area (Å²) in [5.74, 6) is 0.178. The number of nitrogens with zero attached hydrogens (tertiary/aromatic N) is 2. The Hall–Kier alpha value is -1.74. The minimum Gasteiger partial charge on any atom is -0.495 e. The Labute approximate surface area is 85.5 Å². The van der Waals surface area contributed by atoms with Gasteiger partial charge in [-0.3, -0.25) is 10.1 Å². The third-order valence-corrected chi connectivity index (χ3v) is 1.97. The molecule has 0 fully saturated rings. The van der Waals surface area contributed by atoms with Gasteiger partial charge in [0.15, 0.2) is 0 Å². The molecule has 14 heavy (non-hydrogen) atoms. The highest BCUT2D eigenvalue weighted by molar-refractivity contribution is 7.80. The fourth-order valence-electron chi connectivity index (χ4n) is 0.960. The van der Waals surface area contributed by atoms with Gasteiger partial charge in [0.1, 0.15) is 11.8 Å². The van der Waals surface area contributed by atoms with Crippen molar-refractivity contribution >= 4 is 18.3 Å². The van der Waals surface area contributed by atoms with E-state index in [2.05, 4.69) is 12.6 Å². The lowest BCUT2D eigenvalue weighted by atomic mass is 10.2. The van der Waals surface area contributed by atoms with Crippen LogP contribution < -0.4 is 4.74 Å². The smallest absolute Gasteiger partial charge is 0.286 e. The van der Waals surface area contributed by atoms with Crippen LogP contribution in [0.15, 0.2) is 17.0 Å². The van der Waals surface area contributed by atoms with Crippen LogP contribution in [-0.4, -0.2) is 12.0 Å². The normalized spacial score (nSPS) is 9.21. The van der Waals surface area contributed by atoms with Crippen molar-refractivity contribution in [1.82, 2.24) is 0 Å². The second-order valence-corrected chi connectivity index (χ2v) is 2.89. The summed E-state index contributed by atoms with van der Waals surface area (Å²) in [6, 6.07) is 4.34. The summed E-state index contributed by atoms with van der Waals surface area (Å²) >= 11 is 3.90. The molecular formula is C8H6N2O3S. The maximum Gasteiger partial charge on any atom is 0.286 e. The molecule has 0 saturated heterocycles. The zero-order valence-corrected chi connectivity index (χ0v) is 8.12. The van der Waals surface area contributed by atoms with Gasteiger partial charge in [-0.15, -0.1) is 12.6 Å². The van der Waals surface area contributed by atoms with Crippen LogP contribution in [0.5, 0.6) is 5.75 Å². The molecule has 0 radical (unpaired) electrons. The fraction of sp³-hybridized carbons (Fsp3) is 0.125. The standard InChI is InChI=1S/C8H6N2O3S/c1-13-7-3-6(10(11)12)8(14)2-5(7)4-9/h2-3,14H,1H3. The van der Waals surface area contributed by atoms with Gasteiger partial charge in [0, 0.05) is 0 Å². The lowest BCUT2D eigenvalue weighted by molar-refractivity contribution is -0.387. The number of benzene rings is 1. The number of hydrogen-bond donors (Lipinski definition) is 1. The summed E-state index contributed by atoms with van der Waals surface area (Å²) in [5, 5.41) is 19.2. The van der Waals surface area contributed by atoms with Crippen molar-refractivity contribution in [2.75, 3.05) is 7.11 Å². The number of nitro benzene ring substituents is 1. The highest BCUT2D eigenvalue weighted by atomic mass is 32.1. The number of nitriles is 1. The summed E-state index contributed by atoms with van der Waals surface area (Å²) in [7, 11) is 1.35. The SMILES string of the molecule is COc1cc([N+](=O)[O-])c(S)cc1C#N. The lowest BCUT2D eigenvalue weighted by Gasteiger charge is -2.03. The molecule has 0 saturated carbocycles. The van der Waals surface area contributed by atoms with Crippen LogP contribution in [0.4, 0.5) is 5.69 Å². The molecule has 0 aliphatic rings. The number of thiol groups is 1. The van der Waals surface area contributed by atoms with E-state index in [4.69, 9.17) is 10.00 Å². The average Bonchev–Trinajstić information content (AvgIpc) is 2.16. The molecule has 0 aliphatic heterocycles. The van der Waals surface area contributed by atoms with Crippen molar-refractivity contribution in [2.24, 2.45) is 0 Å². The van der Waals surface area contributed by atoms with Crippen LogP contribution in [0.1, 0.15) is 5.56 Å². The van der Waals surface area contributed by atoms with Gasteiger partial charge in [-0.1, -0.05) is 0 Å². The topological polar surface area (TPSA) is 76.2 Å². The zero-order valence-electron chi connectivity index (χ0n) is 7.22. The van der Waals surface area contributed by atoms with Crippen molar-refractivity contribution in [3.63, 3.8) is 0 Å². The molecule has 72 valence electrons. The largest absolute Gasteiger partial charge is 0.495 e. The molecule has 0 amide bonds. The Bertz CT molecular complexity index is 425. The molecule has 0 aromatic heterocycles. The van der Waals surface area contributed by atoms with Crippen molar-refractivity contribution in [3.05, 3.63) is 27.8 Å². The molecular weight excluding hydrogens is 204 g/mol. The molecule has 0 atom stereocenters. The Kier molecular flexibility index (Phi) is 2.94. The molecule has 6 heteroatoms. The molecule has 1 aromatic rings. The van der Waals surface area contributed by atoms with Gasteiger partial charge in [0.05, 0.1) is 28.6 Å². The Morgan fingerprint density at radius 3 is 2.71 bits per heavy atom. The van der Waals surface area contributed by atoms with E-state index >= 15 is 0 Å². The monoisotopic (exact) mass is 210 g/mol. The van der Waals surface area contributed by atoms with Gasteiger partial charge < -0.3 is 4.74 Å². The first kappa shape index (κ1) is 10.3. The van der Waals surface area contributed by atoms with Gasteiger partial charge in [-0.05, 0) is 6.07 Å². The van der Waals surface area contributed by atoms with Crippen LogP contribution in [0.25, 0.3) is 0 Å². The zero-order chi connectivity index (χ0) is 10.7. The summed E-state index contributed by atoms with van der Waals surface area (Å²) in [6.07, 6.45) is 0. The average molecular weight is 210 g/mol. The first-order valence-corrected chi connectivity index (χ1v) is 4.00. The highest BCUT2D eigenvalue weighted by Gasteiger charge is 2.16. The molecule has 0 aliphatic carbocycles. The highest BCUT2D eigenvalue weighted by Crippen LogP contribution is 2.30. The van der Waals surface area contributed by atoms with E-state index in [9.17, 15) is 10.1 Å². The minimum absolute atomic E-state index is 0.146. The third kappa shape index (κ3) is 1.78. The van der Waals surface area contributed by atoms with Crippen LogP contribution in [-0.2, 0) is 0 Å². The van der Waals surface area contributed by atoms with Crippen molar-refractivity contribution in [2.45, 2.75) is 4.90 Å². The first-order chi connectivity index (χ1) is 6.60. The second-order valence-electron chi connectivity index (χ2n) is 2.41. The Morgan fingerprint density at radius 2 is 2.29 bits per heavy atom. The quantitative estimate of drug-likeness (QED) is 0.458. The third-order valence-electron chi connectivity index (χ3n) is 1.61. The number of nitro groups is 1. The van der Waals surface area contributed by atoms with E-state index in [1.807, 2.05) is 6.07 Å². The van der Waals surface area contributed by atoms with E-state index < -0.39 is 4.92 Å². The van der Waals surface area contributed by atoms with Gasteiger partial charge >= 0.3 is 0 Å². The van der Waals surface area contributed by atoms with Crippen LogP contribution in [0.3, 0.4) is 0 Å². The van der Waals surface area contributed by atoms with Crippen molar-refractivity contribution in [1.29, 1.82) is 5.26 Å². The molecule has 0 unspecified atom stereocenters. The van der Waals surface area contributed by atoms with Crippen molar-refractivity contribution < 1.29 is 9.66 Å². The predicted octanol–water partition coefficient (Wildman–Crippen LogP) is 1.76. The van der Waals surface area contributed by atoms with E-state index in [0.29, 0.717) is 0 Å². The number of ether oxygens (including phenoxy) is 1. The number of hydrogen-bond acceptors (Lipinski definition) is 5. The maximum atomic E-state index is 10.5. The van der Waals surface area contributed by atoms with E-state index in [-0.39, 0.29) is 21.9 Å². The maximum absolute atomic E-state index is 10.5. The van der Waals surface area contributed by atoms with Gasteiger partial charge in [0.2, 0.25) is 0 Å². The Balaban J connectivity index is 3.39. The predicted molar refractivity (Wildman–Crippen MR) is 51.6 cm³/mol. The number of methoxy groups -OCH3 is 1. The molecule has 1 aromatic carbocycles. The summed E-state index contributed by atoms with van der Waals surface area (Å²) in [6.45, 7) is 0. The lowest BCUT2D eigenvalue weighted by Crippen LogP contribution is -1.94. The van der Waals surface area contributed by atoms with Crippen molar-refractivity contribution in [3.8, 4) is 11.8 Å². The van der Waals surface area contributed by atoms with E-state index in [0.717, 1.165) is 0 Å². The molecule has 5 nitrogen and oxygen atoms in total. The van der Waals surface area contributed by atoms with Gasteiger partial charge in [-0.25, -0.2) is 0 Å². The van der Waals surface area contributed by atoms with E-state index in [1.165, 1.54) is 19.2 Å². The summed E-state index contributed by atoms with van der Waals surface area (Å²) in [5.41, 5.74) is 0.0484. The molecule has 0 bridgehead atoms. The Morgan fingerprint density at radius 1 is 1.64 bits per heavy atom. The fourth-order valence-corrected chi connectivity index (χ4v) is 1.24. The molecule has 0 N–H and O–H groups in total. The number of rotatable bonds is 2.